The monoisotopic (exact) mass is 405 g/mol. The first kappa shape index (κ1) is 23.1. The van der Waals surface area contributed by atoms with Crippen LogP contribution in [0.1, 0.15) is 12.0 Å². The molecule has 2 heterocycles. The summed E-state index contributed by atoms with van der Waals surface area (Å²) in [5.41, 5.74) is 1.31. The van der Waals surface area contributed by atoms with Crippen LogP contribution in [0, 0.1) is 0 Å². The fraction of sp³-hybridized carbons (Fsp3) is 0.611. The van der Waals surface area contributed by atoms with Gasteiger partial charge in [-0.2, -0.15) is 0 Å². The van der Waals surface area contributed by atoms with Gasteiger partial charge in [-0.1, -0.05) is 30.3 Å². The number of ether oxygens (including phenoxy) is 2. The average Bonchev–Trinajstić information content (AvgIpc) is 2.62. The molecule has 0 aromatic heterocycles. The van der Waals surface area contributed by atoms with Gasteiger partial charge >= 0.3 is 0 Å². The molecule has 3 rings (SSSR count). The van der Waals surface area contributed by atoms with Gasteiger partial charge in [0.2, 0.25) is 5.91 Å². The molecule has 0 saturated carbocycles. The molecule has 26 heavy (non-hydrogen) atoms. The molecule has 1 aromatic carbocycles. The van der Waals surface area contributed by atoms with Crippen LogP contribution >= 0.6 is 24.8 Å². The van der Waals surface area contributed by atoms with E-state index in [2.05, 4.69) is 39.8 Å². The number of hydrogen-bond donors (Lipinski definition) is 2. The molecule has 148 valence electrons. The van der Waals surface area contributed by atoms with Crippen LogP contribution in [0.4, 0.5) is 0 Å². The van der Waals surface area contributed by atoms with Crippen LogP contribution in [0.25, 0.3) is 0 Å². The Bertz CT molecular complexity index is 516. The van der Waals surface area contributed by atoms with E-state index < -0.39 is 0 Å². The maximum absolute atomic E-state index is 12.0. The first-order chi connectivity index (χ1) is 11.8. The highest BCUT2D eigenvalue weighted by Crippen LogP contribution is 2.10. The van der Waals surface area contributed by atoms with Crippen LogP contribution in [0.15, 0.2) is 30.3 Å². The molecule has 8 heteroatoms. The molecule has 2 unspecified atom stereocenters. The van der Waals surface area contributed by atoms with E-state index in [0.29, 0.717) is 26.2 Å². The van der Waals surface area contributed by atoms with Gasteiger partial charge in [-0.3, -0.25) is 9.69 Å². The Balaban J connectivity index is 0.00000169. The Labute approximate surface area is 167 Å². The smallest absolute Gasteiger partial charge is 0.222 e. The molecule has 0 bridgehead atoms. The standard InChI is InChI=1S/C18H27N3O3.2ClH/c22-18(10-16-11-19-6-8-23-16)20-12-17-14-21(7-9-24-17)13-15-4-2-1-3-5-15;;/h1-5,16-17,19H,6-14H2,(H,20,22);2*1H. The number of morpholine rings is 2. The zero-order valence-corrected chi connectivity index (χ0v) is 16.5. The number of carbonyl (C=O) groups excluding carboxylic acids is 1. The Morgan fingerprint density at radius 3 is 2.65 bits per heavy atom. The van der Waals surface area contributed by atoms with Crippen LogP contribution in [-0.4, -0.2) is 69.0 Å². The Morgan fingerprint density at radius 1 is 1.15 bits per heavy atom. The second-order valence-electron chi connectivity index (χ2n) is 6.42. The van der Waals surface area contributed by atoms with Gasteiger partial charge in [0, 0.05) is 39.3 Å². The maximum Gasteiger partial charge on any atom is 0.222 e. The molecule has 2 saturated heterocycles. The van der Waals surface area contributed by atoms with Crippen molar-refractivity contribution in [3.05, 3.63) is 35.9 Å². The lowest BCUT2D eigenvalue weighted by Crippen LogP contribution is -2.48. The van der Waals surface area contributed by atoms with Crippen LogP contribution in [0.5, 0.6) is 0 Å². The van der Waals surface area contributed by atoms with Gasteiger partial charge in [-0.15, -0.1) is 24.8 Å². The Hall–Kier alpha value is -0.890. The van der Waals surface area contributed by atoms with Crippen molar-refractivity contribution < 1.29 is 14.3 Å². The van der Waals surface area contributed by atoms with Gasteiger partial charge in [-0.05, 0) is 5.56 Å². The van der Waals surface area contributed by atoms with E-state index in [4.69, 9.17) is 9.47 Å². The molecule has 6 nitrogen and oxygen atoms in total. The summed E-state index contributed by atoms with van der Waals surface area (Å²) in [4.78, 5) is 14.4. The molecule has 2 atom stereocenters. The molecule has 1 amide bonds. The second-order valence-corrected chi connectivity index (χ2v) is 6.42. The van der Waals surface area contributed by atoms with Gasteiger partial charge < -0.3 is 20.1 Å². The van der Waals surface area contributed by atoms with Crippen molar-refractivity contribution in [3.8, 4) is 0 Å². The number of carbonyl (C=O) groups is 1. The minimum absolute atomic E-state index is 0. The zero-order valence-electron chi connectivity index (χ0n) is 14.9. The molecule has 0 radical (unpaired) electrons. The van der Waals surface area contributed by atoms with Gasteiger partial charge in [-0.25, -0.2) is 0 Å². The maximum atomic E-state index is 12.0. The summed E-state index contributed by atoms with van der Waals surface area (Å²) in [5.74, 6) is 0.0347. The number of halogens is 2. The summed E-state index contributed by atoms with van der Waals surface area (Å²) in [7, 11) is 0. The third kappa shape index (κ3) is 7.78. The molecule has 1 aromatic rings. The van der Waals surface area contributed by atoms with Crippen molar-refractivity contribution in [2.45, 2.75) is 25.2 Å². The first-order valence-corrected chi connectivity index (χ1v) is 8.76. The molecule has 2 aliphatic rings. The van der Waals surface area contributed by atoms with Crippen molar-refractivity contribution in [2.75, 3.05) is 45.9 Å². The summed E-state index contributed by atoms with van der Waals surface area (Å²) in [6.07, 6.45) is 0.449. The summed E-state index contributed by atoms with van der Waals surface area (Å²) < 4.78 is 11.3. The van der Waals surface area contributed by atoms with Crippen molar-refractivity contribution >= 4 is 30.7 Å². The highest BCUT2D eigenvalue weighted by Gasteiger charge is 2.22. The number of nitrogens with zero attached hydrogens (tertiary/aromatic N) is 1. The molecule has 2 aliphatic heterocycles. The SMILES string of the molecule is Cl.Cl.O=C(CC1CNCCO1)NCC1CN(Cc2ccccc2)CCO1. The topological polar surface area (TPSA) is 62.8 Å². The van der Waals surface area contributed by atoms with Crippen LogP contribution in [0.3, 0.4) is 0 Å². The van der Waals surface area contributed by atoms with Crippen molar-refractivity contribution in [3.63, 3.8) is 0 Å². The van der Waals surface area contributed by atoms with E-state index in [1.807, 2.05) is 6.07 Å². The number of rotatable bonds is 6. The van der Waals surface area contributed by atoms with Crippen molar-refractivity contribution in [1.82, 2.24) is 15.5 Å². The lowest BCUT2D eigenvalue weighted by atomic mass is 10.2. The molecule has 0 spiro atoms. The third-order valence-corrected chi connectivity index (χ3v) is 4.42. The van der Waals surface area contributed by atoms with E-state index >= 15 is 0 Å². The molecule has 2 fully saturated rings. The highest BCUT2D eigenvalue weighted by atomic mass is 35.5. The minimum atomic E-state index is -0.0133. The summed E-state index contributed by atoms with van der Waals surface area (Å²) >= 11 is 0. The van der Waals surface area contributed by atoms with E-state index in [9.17, 15) is 4.79 Å². The number of nitrogens with one attached hydrogen (secondary N) is 2. The van der Waals surface area contributed by atoms with E-state index in [0.717, 1.165) is 32.7 Å². The second kappa shape index (κ2) is 12.5. The van der Waals surface area contributed by atoms with Gasteiger partial charge in [0.05, 0.1) is 31.8 Å². The quantitative estimate of drug-likeness (QED) is 0.744. The molecule has 2 N–H and O–H groups in total. The molecular formula is C18H29Cl2N3O3. The fourth-order valence-corrected chi connectivity index (χ4v) is 3.15. The summed E-state index contributed by atoms with van der Waals surface area (Å²) in [6, 6.07) is 10.5. The number of amides is 1. The van der Waals surface area contributed by atoms with E-state index in [1.54, 1.807) is 0 Å². The first-order valence-electron chi connectivity index (χ1n) is 8.76. The lowest BCUT2D eigenvalue weighted by Gasteiger charge is -2.33. The van der Waals surface area contributed by atoms with Gasteiger partial charge in [0.1, 0.15) is 0 Å². The predicted molar refractivity (Wildman–Crippen MR) is 106 cm³/mol. The van der Waals surface area contributed by atoms with Gasteiger partial charge in [0.15, 0.2) is 0 Å². The van der Waals surface area contributed by atoms with Crippen LogP contribution in [0.2, 0.25) is 0 Å². The minimum Gasteiger partial charge on any atom is -0.375 e. The van der Waals surface area contributed by atoms with Crippen LogP contribution in [-0.2, 0) is 20.8 Å². The third-order valence-electron chi connectivity index (χ3n) is 4.42. The number of benzene rings is 1. The summed E-state index contributed by atoms with van der Waals surface area (Å²) in [5, 5.41) is 6.22. The fourth-order valence-electron chi connectivity index (χ4n) is 3.15. The van der Waals surface area contributed by atoms with Crippen molar-refractivity contribution in [1.29, 1.82) is 0 Å². The zero-order chi connectivity index (χ0) is 16.6. The average molecular weight is 406 g/mol. The summed E-state index contributed by atoms with van der Waals surface area (Å²) in [6.45, 7) is 6.27. The van der Waals surface area contributed by atoms with E-state index in [-0.39, 0.29) is 42.9 Å². The molecular weight excluding hydrogens is 377 g/mol. The highest BCUT2D eigenvalue weighted by molar-refractivity contribution is 5.85. The largest absolute Gasteiger partial charge is 0.375 e. The lowest BCUT2D eigenvalue weighted by molar-refractivity contribution is -0.125. The van der Waals surface area contributed by atoms with Crippen LogP contribution < -0.4 is 10.6 Å². The number of hydrogen-bond acceptors (Lipinski definition) is 5. The van der Waals surface area contributed by atoms with Crippen molar-refractivity contribution in [2.24, 2.45) is 0 Å². The van der Waals surface area contributed by atoms with Gasteiger partial charge in [0.25, 0.3) is 0 Å². The van der Waals surface area contributed by atoms with E-state index in [1.165, 1.54) is 5.56 Å². The Kier molecular flexibility index (Phi) is 11.1. The predicted octanol–water partition coefficient (Wildman–Crippen LogP) is 1.23. The normalized spacial score (nSPS) is 23.4. The Morgan fingerprint density at radius 2 is 1.92 bits per heavy atom. The molecule has 0 aliphatic carbocycles.